The summed E-state index contributed by atoms with van der Waals surface area (Å²) in [6.45, 7) is 0.856. The fourth-order valence-corrected chi connectivity index (χ4v) is 3.80. The Morgan fingerprint density at radius 2 is 1.10 bits per heavy atom. The van der Waals surface area contributed by atoms with E-state index in [-0.39, 0.29) is 0 Å². The van der Waals surface area contributed by atoms with Crippen molar-refractivity contribution in [1.29, 1.82) is 0 Å². The van der Waals surface area contributed by atoms with Gasteiger partial charge in [0, 0.05) is 14.2 Å². The molecule has 0 aliphatic rings. The van der Waals surface area contributed by atoms with Gasteiger partial charge in [-0.25, -0.2) is 0 Å². The average molecular weight is 338 g/mol. The summed E-state index contributed by atoms with van der Waals surface area (Å²) in [6.07, 6.45) is -6.85. The second-order valence-corrected chi connectivity index (χ2v) is 7.39. The van der Waals surface area contributed by atoms with Crippen molar-refractivity contribution in [2.24, 2.45) is 0 Å². The maximum Gasteiger partial charge on any atom is 0.460 e. The molecule has 0 atom stereocenters. The highest BCUT2D eigenvalue weighted by Crippen LogP contribution is 2.56. The Labute approximate surface area is 109 Å². The molecule has 0 aliphatic carbocycles. The Bertz CT molecular complexity index is 317. The lowest BCUT2D eigenvalue weighted by atomic mass is 10.1. The fourth-order valence-electron chi connectivity index (χ4n) is 1.46. The lowest BCUT2D eigenvalue weighted by Gasteiger charge is -2.40. The van der Waals surface area contributed by atoms with Crippen molar-refractivity contribution in [3.63, 3.8) is 0 Å². The van der Waals surface area contributed by atoms with Crippen LogP contribution in [0.2, 0.25) is 6.04 Å². The van der Waals surface area contributed by atoms with Gasteiger partial charge in [0.1, 0.15) is 0 Å². The van der Waals surface area contributed by atoms with Gasteiger partial charge in [-0.15, -0.1) is 0 Å². The maximum atomic E-state index is 13.6. The van der Waals surface area contributed by atoms with Gasteiger partial charge in [0.15, 0.2) is 0 Å². The molecule has 122 valence electrons. The van der Waals surface area contributed by atoms with Gasteiger partial charge in [-0.3, -0.25) is 0 Å². The third-order valence-electron chi connectivity index (χ3n) is 2.75. The lowest BCUT2D eigenvalue weighted by molar-refractivity contribution is -0.387. The Kier molecular flexibility index (Phi) is 5.24. The molecule has 0 bridgehead atoms. The summed E-state index contributed by atoms with van der Waals surface area (Å²) in [7, 11) is -4.37. The van der Waals surface area contributed by atoms with Gasteiger partial charge < -0.3 is 8.85 Å². The first-order chi connectivity index (χ1) is 8.68. The highest BCUT2D eigenvalue weighted by Gasteiger charge is 2.87. The van der Waals surface area contributed by atoms with E-state index in [1.54, 1.807) is 0 Å². The molecule has 0 aromatic carbocycles. The van der Waals surface area contributed by atoms with Crippen molar-refractivity contribution in [3.05, 3.63) is 0 Å². The summed E-state index contributed by atoms with van der Waals surface area (Å²) in [5.74, 6) is -13.7. The van der Waals surface area contributed by atoms with E-state index in [9.17, 15) is 39.5 Å². The Balaban J connectivity index is 6.04. The molecule has 0 spiro atoms. The quantitative estimate of drug-likeness (QED) is 0.542. The number of rotatable bonds is 6. The van der Waals surface area contributed by atoms with Gasteiger partial charge in [-0.2, -0.15) is 39.5 Å². The standard InChI is InChI=1S/C8H11F9O2Si/c1-4-20(18-2,19-3)8(16,17)6(11,12)5(9,10)7(13,14)15/h4H2,1-3H3. The first kappa shape index (κ1) is 19.5. The van der Waals surface area contributed by atoms with E-state index < -0.39 is 38.2 Å². The molecular formula is C8H11F9O2Si. The molecule has 0 heterocycles. The molecule has 0 unspecified atom stereocenters. The third-order valence-corrected chi connectivity index (χ3v) is 6.27. The van der Waals surface area contributed by atoms with Gasteiger partial charge in [0.2, 0.25) is 0 Å². The minimum atomic E-state index is -6.94. The van der Waals surface area contributed by atoms with Crippen molar-refractivity contribution in [3.8, 4) is 0 Å². The Morgan fingerprint density at radius 3 is 1.30 bits per heavy atom. The minimum absolute atomic E-state index is 0.481. The van der Waals surface area contributed by atoms with E-state index in [0.717, 1.165) is 6.92 Å². The smallest absolute Gasteiger partial charge is 0.394 e. The van der Waals surface area contributed by atoms with E-state index >= 15 is 0 Å². The average Bonchev–Trinajstić information content (AvgIpc) is 2.29. The summed E-state index contributed by atoms with van der Waals surface area (Å²) in [5, 5.41) is 0. The van der Waals surface area contributed by atoms with Gasteiger partial charge in [-0.1, -0.05) is 6.92 Å². The fraction of sp³-hybridized carbons (Fsp3) is 1.00. The summed E-state index contributed by atoms with van der Waals surface area (Å²) in [6, 6.07) is -0.962. The molecule has 0 aromatic heterocycles. The molecule has 0 N–H and O–H groups in total. The minimum Gasteiger partial charge on any atom is -0.394 e. The van der Waals surface area contributed by atoms with Gasteiger partial charge >= 0.3 is 32.1 Å². The molecule has 0 saturated carbocycles. The number of halogens is 9. The third kappa shape index (κ3) is 2.41. The first-order valence-electron chi connectivity index (χ1n) is 4.99. The van der Waals surface area contributed by atoms with Crippen molar-refractivity contribution in [2.45, 2.75) is 36.5 Å². The molecule has 0 radical (unpaired) electrons. The number of alkyl halides is 9. The largest absolute Gasteiger partial charge is 0.460 e. The Hall–Kier alpha value is -0.493. The van der Waals surface area contributed by atoms with Crippen molar-refractivity contribution < 1.29 is 48.4 Å². The number of hydrogen-bond acceptors (Lipinski definition) is 2. The predicted octanol–water partition coefficient (Wildman–Crippen LogP) is 3.75. The van der Waals surface area contributed by atoms with Crippen LogP contribution in [-0.4, -0.2) is 46.3 Å². The molecule has 20 heavy (non-hydrogen) atoms. The van der Waals surface area contributed by atoms with Crippen molar-refractivity contribution >= 4 is 8.56 Å². The van der Waals surface area contributed by atoms with Crippen LogP contribution in [0, 0.1) is 0 Å². The van der Waals surface area contributed by atoms with Gasteiger partial charge in [0.05, 0.1) is 0 Å². The molecule has 0 rings (SSSR count). The molecule has 0 fully saturated rings. The van der Waals surface area contributed by atoms with Crippen LogP contribution in [0.3, 0.4) is 0 Å². The summed E-state index contributed by atoms with van der Waals surface area (Å²) >= 11 is 0. The van der Waals surface area contributed by atoms with E-state index in [1.807, 2.05) is 0 Å². The van der Waals surface area contributed by atoms with Crippen LogP contribution in [0.1, 0.15) is 6.92 Å². The summed E-state index contributed by atoms with van der Waals surface area (Å²) < 4.78 is 123. The zero-order valence-electron chi connectivity index (χ0n) is 10.4. The molecule has 12 heteroatoms. The second kappa shape index (κ2) is 5.37. The molecular weight excluding hydrogens is 327 g/mol. The molecule has 2 nitrogen and oxygen atoms in total. The normalized spacial score (nSPS) is 15.6. The lowest BCUT2D eigenvalue weighted by Crippen LogP contribution is -2.72. The second-order valence-electron chi connectivity index (χ2n) is 3.74. The van der Waals surface area contributed by atoms with Crippen LogP contribution in [0.4, 0.5) is 39.5 Å². The summed E-state index contributed by atoms with van der Waals surface area (Å²) in [4.78, 5) is 0. The topological polar surface area (TPSA) is 18.5 Å². The van der Waals surface area contributed by atoms with Gasteiger partial charge in [0.25, 0.3) is 0 Å². The van der Waals surface area contributed by atoms with Crippen LogP contribution in [0.25, 0.3) is 0 Å². The van der Waals surface area contributed by atoms with Crippen LogP contribution >= 0.6 is 0 Å². The highest BCUT2D eigenvalue weighted by atomic mass is 28.4. The van der Waals surface area contributed by atoms with E-state index in [1.165, 1.54) is 0 Å². The van der Waals surface area contributed by atoms with Gasteiger partial charge in [-0.05, 0) is 6.04 Å². The van der Waals surface area contributed by atoms with E-state index in [2.05, 4.69) is 8.85 Å². The zero-order valence-corrected chi connectivity index (χ0v) is 11.4. The van der Waals surface area contributed by atoms with E-state index in [4.69, 9.17) is 0 Å². The highest BCUT2D eigenvalue weighted by molar-refractivity contribution is 6.70. The van der Waals surface area contributed by atoms with Crippen molar-refractivity contribution in [2.75, 3.05) is 14.2 Å². The molecule has 0 aliphatic heterocycles. The van der Waals surface area contributed by atoms with Crippen LogP contribution in [0.5, 0.6) is 0 Å². The Morgan fingerprint density at radius 1 is 0.750 bits per heavy atom. The van der Waals surface area contributed by atoms with Crippen LogP contribution in [-0.2, 0) is 8.85 Å². The first-order valence-corrected chi connectivity index (χ1v) is 7.01. The summed E-state index contributed by atoms with van der Waals surface area (Å²) in [5.41, 5.74) is -5.81. The maximum absolute atomic E-state index is 13.6. The SMILES string of the molecule is CC[Si](OC)(OC)C(F)(F)C(F)(F)C(F)(F)C(F)(F)F. The zero-order chi connectivity index (χ0) is 16.6. The molecule has 0 aromatic rings. The van der Waals surface area contributed by atoms with Crippen molar-refractivity contribution in [1.82, 2.24) is 0 Å². The van der Waals surface area contributed by atoms with E-state index in [0.29, 0.717) is 14.2 Å². The van der Waals surface area contributed by atoms with Crippen LogP contribution < -0.4 is 0 Å². The predicted molar refractivity (Wildman–Crippen MR) is 51.1 cm³/mol. The monoisotopic (exact) mass is 338 g/mol. The number of hydrogen-bond donors (Lipinski definition) is 0. The van der Waals surface area contributed by atoms with Crippen LogP contribution in [0.15, 0.2) is 0 Å². The molecule has 0 saturated heterocycles. The molecule has 0 amide bonds.